The Bertz CT molecular complexity index is 341. The lowest BCUT2D eigenvalue weighted by Gasteiger charge is -2.26. The van der Waals surface area contributed by atoms with Gasteiger partial charge in [0, 0.05) is 22.6 Å². The lowest BCUT2D eigenvalue weighted by Crippen LogP contribution is -2.43. The number of rotatable bonds is 5. The summed E-state index contributed by atoms with van der Waals surface area (Å²) in [7, 11) is 0. The summed E-state index contributed by atoms with van der Waals surface area (Å²) >= 11 is 1.78. The smallest absolute Gasteiger partial charge is 0.138 e. The first-order valence-corrected chi connectivity index (χ1v) is 6.39. The van der Waals surface area contributed by atoms with Crippen molar-refractivity contribution in [3.8, 4) is 0 Å². The molecule has 0 aliphatic carbocycles. The fraction of sp³-hybridized carbons (Fsp3) is 0.583. The van der Waals surface area contributed by atoms with Crippen LogP contribution in [0.15, 0.2) is 12.1 Å². The first-order valence-electron chi connectivity index (χ1n) is 5.58. The maximum absolute atomic E-state index is 11.7. The molecule has 2 heterocycles. The van der Waals surface area contributed by atoms with Crippen LogP contribution in [0.1, 0.15) is 23.1 Å². The van der Waals surface area contributed by atoms with Crippen LogP contribution in [0.5, 0.6) is 0 Å². The highest BCUT2D eigenvalue weighted by Gasteiger charge is 2.20. The number of ketones is 1. The van der Waals surface area contributed by atoms with Crippen molar-refractivity contribution in [2.24, 2.45) is 5.92 Å². The van der Waals surface area contributed by atoms with Crippen LogP contribution in [0, 0.1) is 5.92 Å². The summed E-state index contributed by atoms with van der Waals surface area (Å²) in [5, 5.41) is 3.19. The van der Waals surface area contributed by atoms with Gasteiger partial charge in [-0.1, -0.05) is 6.92 Å². The number of aryl methyl sites for hydroxylation is 1. The maximum atomic E-state index is 11.7. The second-order valence-corrected chi connectivity index (χ2v) is 5.42. The molecule has 1 saturated heterocycles. The monoisotopic (exact) mass is 223 g/mol. The Labute approximate surface area is 94.7 Å². The molecule has 2 rings (SSSR count). The number of carbonyl (C=O) groups is 1. The van der Waals surface area contributed by atoms with Gasteiger partial charge in [-0.2, -0.15) is 0 Å². The zero-order valence-electron chi connectivity index (χ0n) is 9.08. The van der Waals surface area contributed by atoms with Gasteiger partial charge in [-0.05, 0) is 37.6 Å². The topological polar surface area (TPSA) is 29.1 Å². The normalized spacial score (nSPS) is 16.3. The van der Waals surface area contributed by atoms with Gasteiger partial charge in [0.25, 0.3) is 0 Å². The van der Waals surface area contributed by atoms with Gasteiger partial charge < -0.3 is 5.32 Å². The lowest BCUT2D eigenvalue weighted by atomic mass is 9.95. The minimum atomic E-state index is 0.394. The Balaban J connectivity index is 1.82. The summed E-state index contributed by atoms with van der Waals surface area (Å²) in [5.41, 5.74) is 0. The Hall–Kier alpha value is -0.670. The lowest BCUT2D eigenvalue weighted by molar-refractivity contribution is -0.119. The van der Waals surface area contributed by atoms with Gasteiger partial charge in [0.1, 0.15) is 5.78 Å². The largest absolute Gasteiger partial charge is 0.316 e. The first kappa shape index (κ1) is 10.8. The third-order valence-corrected chi connectivity index (χ3v) is 4.05. The van der Waals surface area contributed by atoms with Gasteiger partial charge in [-0.3, -0.25) is 4.79 Å². The zero-order valence-corrected chi connectivity index (χ0v) is 9.90. The minimum absolute atomic E-state index is 0.394. The maximum Gasteiger partial charge on any atom is 0.138 e. The van der Waals surface area contributed by atoms with Gasteiger partial charge in [-0.25, -0.2) is 0 Å². The Kier molecular flexibility index (Phi) is 3.54. The average Bonchev–Trinajstić information content (AvgIpc) is 2.59. The summed E-state index contributed by atoms with van der Waals surface area (Å²) in [6, 6.07) is 4.23. The highest BCUT2D eigenvalue weighted by Crippen LogP contribution is 2.19. The standard InChI is InChI=1S/C12H17NOS/c1-2-11-3-4-12(15-11)6-10(14)5-9-7-13-8-9/h3-4,9,13H,2,5-8H2,1H3. The van der Waals surface area contributed by atoms with Crippen LogP contribution < -0.4 is 5.32 Å². The van der Waals surface area contributed by atoms with E-state index in [0.717, 1.165) is 25.9 Å². The second-order valence-electron chi connectivity index (χ2n) is 4.17. The first-order chi connectivity index (χ1) is 7.28. The molecule has 0 saturated carbocycles. The van der Waals surface area contributed by atoms with Crippen molar-refractivity contribution in [1.82, 2.24) is 5.32 Å². The van der Waals surface area contributed by atoms with Crippen LogP contribution in [0.4, 0.5) is 0 Å². The highest BCUT2D eigenvalue weighted by atomic mass is 32.1. The summed E-state index contributed by atoms with van der Waals surface area (Å²) in [5.74, 6) is 0.995. The van der Waals surface area contributed by atoms with Crippen LogP contribution >= 0.6 is 11.3 Å². The molecule has 0 bridgehead atoms. The van der Waals surface area contributed by atoms with Crippen molar-refractivity contribution in [3.05, 3.63) is 21.9 Å². The van der Waals surface area contributed by atoms with E-state index in [0.29, 0.717) is 18.1 Å². The van der Waals surface area contributed by atoms with E-state index in [2.05, 4.69) is 24.4 Å². The van der Waals surface area contributed by atoms with Crippen LogP contribution in [0.25, 0.3) is 0 Å². The summed E-state index contributed by atoms with van der Waals surface area (Å²) in [6.07, 6.45) is 2.47. The van der Waals surface area contributed by atoms with E-state index in [-0.39, 0.29) is 0 Å². The number of hydrogen-bond donors (Lipinski definition) is 1. The van der Waals surface area contributed by atoms with Crippen LogP contribution in [0.3, 0.4) is 0 Å². The second kappa shape index (κ2) is 4.90. The van der Waals surface area contributed by atoms with E-state index in [4.69, 9.17) is 0 Å². The molecule has 0 atom stereocenters. The molecule has 82 valence electrons. The van der Waals surface area contributed by atoms with E-state index in [1.165, 1.54) is 9.75 Å². The average molecular weight is 223 g/mol. The molecule has 0 radical (unpaired) electrons. The number of carbonyl (C=O) groups excluding carboxylic acids is 1. The summed E-state index contributed by atoms with van der Waals surface area (Å²) in [6.45, 7) is 4.20. The number of Topliss-reactive ketones (excluding diaryl/α,β-unsaturated/α-hetero) is 1. The molecule has 1 fully saturated rings. The van der Waals surface area contributed by atoms with E-state index in [1.54, 1.807) is 11.3 Å². The van der Waals surface area contributed by atoms with Gasteiger partial charge in [0.05, 0.1) is 0 Å². The zero-order chi connectivity index (χ0) is 10.7. The molecule has 1 aliphatic heterocycles. The molecule has 2 nitrogen and oxygen atoms in total. The molecule has 15 heavy (non-hydrogen) atoms. The van der Waals surface area contributed by atoms with E-state index < -0.39 is 0 Å². The van der Waals surface area contributed by atoms with E-state index in [9.17, 15) is 4.79 Å². The predicted octanol–water partition coefficient (Wildman–Crippen LogP) is 2.03. The number of hydrogen-bond acceptors (Lipinski definition) is 3. The minimum Gasteiger partial charge on any atom is -0.316 e. The fourth-order valence-corrected chi connectivity index (χ4v) is 2.78. The van der Waals surface area contributed by atoms with Crippen molar-refractivity contribution in [2.75, 3.05) is 13.1 Å². The molecule has 0 aromatic carbocycles. The summed E-state index contributed by atoms with van der Waals surface area (Å²) in [4.78, 5) is 14.3. The molecule has 1 N–H and O–H groups in total. The van der Waals surface area contributed by atoms with Gasteiger partial charge in [0.15, 0.2) is 0 Å². The Morgan fingerprint density at radius 3 is 2.73 bits per heavy atom. The van der Waals surface area contributed by atoms with Crippen LogP contribution in [-0.2, 0) is 17.6 Å². The van der Waals surface area contributed by atoms with Crippen LogP contribution in [0.2, 0.25) is 0 Å². The van der Waals surface area contributed by atoms with Gasteiger partial charge in [0.2, 0.25) is 0 Å². The van der Waals surface area contributed by atoms with E-state index >= 15 is 0 Å². The molecular formula is C12H17NOS. The molecule has 0 spiro atoms. The molecular weight excluding hydrogens is 206 g/mol. The SMILES string of the molecule is CCc1ccc(CC(=O)CC2CNC2)s1. The third kappa shape index (κ3) is 2.89. The number of thiophene rings is 1. The van der Waals surface area contributed by atoms with Gasteiger partial charge >= 0.3 is 0 Å². The van der Waals surface area contributed by atoms with Crippen molar-refractivity contribution in [3.63, 3.8) is 0 Å². The molecule has 3 heteroatoms. The molecule has 1 aromatic rings. The molecule has 0 unspecified atom stereocenters. The third-order valence-electron chi connectivity index (χ3n) is 2.82. The summed E-state index contributed by atoms with van der Waals surface area (Å²) < 4.78 is 0. The molecule has 1 aliphatic rings. The Morgan fingerprint density at radius 2 is 2.20 bits per heavy atom. The molecule has 0 amide bonds. The Morgan fingerprint density at radius 1 is 1.47 bits per heavy atom. The van der Waals surface area contributed by atoms with Crippen molar-refractivity contribution < 1.29 is 4.79 Å². The van der Waals surface area contributed by atoms with Crippen molar-refractivity contribution in [1.29, 1.82) is 0 Å². The van der Waals surface area contributed by atoms with Crippen molar-refractivity contribution in [2.45, 2.75) is 26.2 Å². The van der Waals surface area contributed by atoms with Gasteiger partial charge in [-0.15, -0.1) is 11.3 Å². The highest BCUT2D eigenvalue weighted by molar-refractivity contribution is 7.12. The quantitative estimate of drug-likeness (QED) is 0.827. The predicted molar refractivity (Wildman–Crippen MR) is 63.4 cm³/mol. The van der Waals surface area contributed by atoms with E-state index in [1.807, 2.05) is 0 Å². The fourth-order valence-electron chi connectivity index (χ4n) is 1.79. The molecule has 1 aromatic heterocycles. The van der Waals surface area contributed by atoms with Crippen molar-refractivity contribution >= 4 is 17.1 Å². The number of nitrogens with one attached hydrogen (secondary N) is 1. The van der Waals surface area contributed by atoms with Crippen LogP contribution in [-0.4, -0.2) is 18.9 Å².